The average molecular weight is 358 g/mol. The third-order valence-electron chi connectivity index (χ3n) is 3.56. The molecule has 2 aromatic heterocycles. The Morgan fingerprint density at radius 3 is 2.67 bits per heavy atom. The summed E-state index contributed by atoms with van der Waals surface area (Å²) in [6.45, 7) is 1.24. The largest absolute Gasteiger partial charge is 0.472 e. The Morgan fingerprint density at radius 2 is 1.96 bits per heavy atom. The summed E-state index contributed by atoms with van der Waals surface area (Å²) in [5.41, 5.74) is 1.02. The SMILES string of the molecule is O=C(CCSc1ccccc1)N(Cc1ccoc1)Cc1cccs1. The quantitative estimate of drug-likeness (QED) is 0.529. The Bertz CT molecular complexity index is 688. The van der Waals surface area contributed by atoms with Crippen molar-refractivity contribution in [3.05, 3.63) is 76.9 Å². The first-order valence-electron chi connectivity index (χ1n) is 7.80. The van der Waals surface area contributed by atoms with Crippen LogP contribution in [0, 0.1) is 0 Å². The van der Waals surface area contributed by atoms with Gasteiger partial charge in [0.25, 0.3) is 0 Å². The molecule has 0 unspecified atom stereocenters. The summed E-state index contributed by atoms with van der Waals surface area (Å²) >= 11 is 3.40. The maximum atomic E-state index is 12.7. The molecular formula is C19H19NO2S2. The van der Waals surface area contributed by atoms with E-state index in [1.807, 2.05) is 40.6 Å². The topological polar surface area (TPSA) is 33.5 Å². The van der Waals surface area contributed by atoms with Crippen molar-refractivity contribution in [2.75, 3.05) is 5.75 Å². The number of furan rings is 1. The van der Waals surface area contributed by atoms with Gasteiger partial charge in [-0.05, 0) is 29.6 Å². The minimum Gasteiger partial charge on any atom is -0.472 e. The number of amides is 1. The Morgan fingerprint density at radius 1 is 1.08 bits per heavy atom. The predicted octanol–water partition coefficient (Wildman–Crippen LogP) is 5.05. The normalized spacial score (nSPS) is 10.7. The lowest BCUT2D eigenvalue weighted by Crippen LogP contribution is -2.29. The van der Waals surface area contributed by atoms with Crippen LogP contribution in [0.2, 0.25) is 0 Å². The van der Waals surface area contributed by atoms with Crippen LogP contribution in [0.15, 0.2) is 75.7 Å². The van der Waals surface area contributed by atoms with E-state index in [9.17, 15) is 4.79 Å². The molecule has 0 N–H and O–H groups in total. The lowest BCUT2D eigenvalue weighted by Gasteiger charge is -2.21. The molecule has 1 amide bonds. The van der Waals surface area contributed by atoms with Gasteiger partial charge in [-0.25, -0.2) is 0 Å². The molecule has 3 nitrogen and oxygen atoms in total. The van der Waals surface area contributed by atoms with E-state index in [1.165, 1.54) is 9.77 Å². The highest BCUT2D eigenvalue weighted by Gasteiger charge is 2.15. The van der Waals surface area contributed by atoms with Gasteiger partial charge in [0.05, 0.1) is 19.1 Å². The first-order valence-corrected chi connectivity index (χ1v) is 9.67. The Labute approximate surface area is 150 Å². The highest BCUT2D eigenvalue weighted by Crippen LogP contribution is 2.20. The van der Waals surface area contributed by atoms with Gasteiger partial charge < -0.3 is 9.32 Å². The highest BCUT2D eigenvalue weighted by molar-refractivity contribution is 7.99. The standard InChI is InChI=1S/C19H19NO2S2/c21-19(9-12-24-17-5-2-1-3-6-17)20(13-16-8-10-22-15-16)14-18-7-4-11-23-18/h1-8,10-11,15H,9,12-14H2. The maximum absolute atomic E-state index is 12.7. The first kappa shape index (κ1) is 16.9. The Balaban J connectivity index is 1.57. The average Bonchev–Trinajstić information content (AvgIpc) is 3.29. The van der Waals surface area contributed by atoms with E-state index < -0.39 is 0 Å². The monoisotopic (exact) mass is 357 g/mol. The fourth-order valence-corrected chi connectivity index (χ4v) is 3.94. The van der Waals surface area contributed by atoms with Gasteiger partial charge in [0.1, 0.15) is 0 Å². The van der Waals surface area contributed by atoms with Crippen molar-refractivity contribution in [3.63, 3.8) is 0 Å². The smallest absolute Gasteiger partial charge is 0.224 e. The summed E-state index contributed by atoms with van der Waals surface area (Å²) in [6, 6.07) is 16.2. The molecular weight excluding hydrogens is 338 g/mol. The summed E-state index contributed by atoms with van der Waals surface area (Å²) < 4.78 is 5.13. The number of thiophene rings is 1. The number of hydrogen-bond acceptors (Lipinski definition) is 4. The lowest BCUT2D eigenvalue weighted by atomic mass is 10.2. The van der Waals surface area contributed by atoms with Crippen molar-refractivity contribution in [2.45, 2.75) is 24.4 Å². The van der Waals surface area contributed by atoms with Gasteiger partial charge in [0.2, 0.25) is 5.91 Å². The molecule has 0 aliphatic heterocycles. The summed E-state index contributed by atoms with van der Waals surface area (Å²) in [5.74, 6) is 0.961. The molecule has 0 saturated carbocycles. The zero-order chi connectivity index (χ0) is 16.6. The summed E-state index contributed by atoms with van der Waals surface area (Å²) in [7, 11) is 0. The van der Waals surface area contributed by atoms with Gasteiger partial charge in [-0.3, -0.25) is 4.79 Å². The van der Waals surface area contributed by atoms with E-state index >= 15 is 0 Å². The third-order valence-corrected chi connectivity index (χ3v) is 5.44. The van der Waals surface area contributed by atoms with Crippen LogP contribution in [0.25, 0.3) is 0 Å². The molecule has 5 heteroatoms. The zero-order valence-corrected chi connectivity index (χ0v) is 14.9. The highest BCUT2D eigenvalue weighted by atomic mass is 32.2. The van der Waals surface area contributed by atoms with E-state index in [-0.39, 0.29) is 5.91 Å². The van der Waals surface area contributed by atoms with Gasteiger partial charge in [0.15, 0.2) is 0 Å². The zero-order valence-electron chi connectivity index (χ0n) is 13.3. The van der Waals surface area contributed by atoms with E-state index in [1.54, 1.807) is 35.6 Å². The number of rotatable bonds is 8. The van der Waals surface area contributed by atoms with Crippen LogP contribution in [-0.4, -0.2) is 16.6 Å². The molecule has 3 aromatic rings. The molecule has 0 fully saturated rings. The van der Waals surface area contributed by atoms with E-state index in [2.05, 4.69) is 18.2 Å². The second kappa shape index (κ2) is 8.76. The van der Waals surface area contributed by atoms with Crippen molar-refractivity contribution in [2.24, 2.45) is 0 Å². The van der Waals surface area contributed by atoms with Crippen molar-refractivity contribution < 1.29 is 9.21 Å². The van der Waals surface area contributed by atoms with Gasteiger partial charge in [0, 0.05) is 34.1 Å². The van der Waals surface area contributed by atoms with Crippen molar-refractivity contribution in [1.82, 2.24) is 4.90 Å². The third kappa shape index (κ3) is 5.01. The van der Waals surface area contributed by atoms with Crippen molar-refractivity contribution in [3.8, 4) is 0 Å². The second-order valence-electron chi connectivity index (χ2n) is 5.37. The summed E-state index contributed by atoms with van der Waals surface area (Å²) in [6.07, 6.45) is 3.88. The minimum absolute atomic E-state index is 0.174. The fourth-order valence-electron chi connectivity index (χ4n) is 2.36. The van der Waals surface area contributed by atoms with Crippen LogP contribution in [0.1, 0.15) is 16.9 Å². The molecule has 0 bridgehead atoms. The van der Waals surface area contributed by atoms with Crippen molar-refractivity contribution in [1.29, 1.82) is 0 Å². The minimum atomic E-state index is 0.174. The summed E-state index contributed by atoms with van der Waals surface area (Å²) in [5, 5.41) is 2.04. The van der Waals surface area contributed by atoms with Crippen LogP contribution in [0.3, 0.4) is 0 Å². The molecule has 0 atom stereocenters. The Kier molecular flexibility index (Phi) is 6.15. The number of benzene rings is 1. The van der Waals surface area contributed by atoms with Crippen LogP contribution in [0.4, 0.5) is 0 Å². The number of hydrogen-bond donors (Lipinski definition) is 0. The maximum Gasteiger partial charge on any atom is 0.224 e. The molecule has 24 heavy (non-hydrogen) atoms. The molecule has 0 aliphatic carbocycles. The first-order chi connectivity index (χ1) is 11.8. The number of carbonyl (C=O) groups excluding carboxylic acids is 1. The van der Waals surface area contributed by atoms with Gasteiger partial charge >= 0.3 is 0 Å². The predicted molar refractivity (Wildman–Crippen MR) is 99.1 cm³/mol. The van der Waals surface area contributed by atoms with E-state index in [0.29, 0.717) is 19.5 Å². The molecule has 0 spiro atoms. The van der Waals surface area contributed by atoms with Crippen LogP contribution < -0.4 is 0 Å². The molecule has 2 heterocycles. The Hall–Kier alpha value is -1.98. The van der Waals surface area contributed by atoms with Gasteiger partial charge in [-0.15, -0.1) is 23.1 Å². The molecule has 1 aromatic carbocycles. The van der Waals surface area contributed by atoms with E-state index in [0.717, 1.165) is 11.3 Å². The fraction of sp³-hybridized carbons (Fsp3) is 0.211. The molecule has 3 rings (SSSR count). The molecule has 124 valence electrons. The molecule has 0 saturated heterocycles. The van der Waals surface area contributed by atoms with Crippen LogP contribution >= 0.6 is 23.1 Å². The number of nitrogens with zero attached hydrogens (tertiary/aromatic N) is 1. The number of thioether (sulfide) groups is 1. The second-order valence-corrected chi connectivity index (χ2v) is 7.57. The molecule has 0 radical (unpaired) electrons. The van der Waals surface area contributed by atoms with Crippen molar-refractivity contribution >= 4 is 29.0 Å². The van der Waals surface area contributed by atoms with Gasteiger partial charge in [-0.1, -0.05) is 24.3 Å². The van der Waals surface area contributed by atoms with E-state index in [4.69, 9.17) is 4.42 Å². The van der Waals surface area contributed by atoms with Crippen LogP contribution in [0.5, 0.6) is 0 Å². The number of carbonyl (C=O) groups is 1. The van der Waals surface area contributed by atoms with Crippen LogP contribution in [-0.2, 0) is 17.9 Å². The van der Waals surface area contributed by atoms with Gasteiger partial charge in [-0.2, -0.15) is 0 Å². The molecule has 0 aliphatic rings. The summed E-state index contributed by atoms with van der Waals surface area (Å²) in [4.78, 5) is 17.0. The lowest BCUT2D eigenvalue weighted by molar-refractivity contribution is -0.131.